The minimum Gasteiger partial charge on any atom is -0.297 e. The van der Waals surface area contributed by atoms with E-state index in [0.29, 0.717) is 19.0 Å². The van der Waals surface area contributed by atoms with Crippen LogP contribution >= 0.6 is 0 Å². The minimum absolute atomic E-state index is 0.321. The van der Waals surface area contributed by atoms with Crippen LogP contribution in [0.5, 0.6) is 0 Å². The van der Waals surface area contributed by atoms with Gasteiger partial charge in [0.2, 0.25) is 10.0 Å². The summed E-state index contributed by atoms with van der Waals surface area (Å²) in [5, 5.41) is 8.57. The van der Waals surface area contributed by atoms with Crippen molar-refractivity contribution >= 4 is 10.0 Å². The molecule has 0 N–H and O–H groups in total. The fraction of sp³-hybridized carbons (Fsp3) is 0.875. The second kappa shape index (κ2) is 7.93. The molecule has 2 fully saturated rings. The van der Waals surface area contributed by atoms with E-state index < -0.39 is 10.0 Å². The molecule has 0 aromatic carbocycles. The van der Waals surface area contributed by atoms with Crippen LogP contribution in [0.15, 0.2) is 6.20 Å². The Morgan fingerprint density at radius 1 is 1.12 bits per heavy atom. The molecule has 2 saturated heterocycles. The molecule has 0 aliphatic carbocycles. The van der Waals surface area contributed by atoms with Gasteiger partial charge in [-0.2, -0.15) is 0 Å². The van der Waals surface area contributed by atoms with Gasteiger partial charge in [-0.15, -0.1) is 5.10 Å². The molecule has 3 rings (SSSR count). The first kappa shape index (κ1) is 17.8. The summed E-state index contributed by atoms with van der Waals surface area (Å²) in [7, 11) is -3.09. The van der Waals surface area contributed by atoms with Crippen molar-refractivity contribution in [1.82, 2.24) is 24.2 Å². The first-order valence-corrected chi connectivity index (χ1v) is 10.9. The maximum atomic E-state index is 11.7. The maximum absolute atomic E-state index is 11.7. The van der Waals surface area contributed by atoms with Crippen molar-refractivity contribution in [2.75, 3.05) is 32.4 Å². The van der Waals surface area contributed by atoms with Gasteiger partial charge in [-0.25, -0.2) is 12.7 Å². The summed E-state index contributed by atoms with van der Waals surface area (Å²) in [6, 6.07) is 0. The van der Waals surface area contributed by atoms with E-state index in [4.69, 9.17) is 0 Å². The molecule has 0 radical (unpaired) electrons. The third-order valence-electron chi connectivity index (χ3n) is 5.07. The highest BCUT2D eigenvalue weighted by Gasteiger charge is 2.26. The van der Waals surface area contributed by atoms with E-state index in [1.807, 2.05) is 10.9 Å². The fourth-order valence-electron chi connectivity index (χ4n) is 3.77. The normalized spacial score (nSPS) is 24.8. The summed E-state index contributed by atoms with van der Waals surface area (Å²) in [5.74, 6) is 0.321. The van der Waals surface area contributed by atoms with Crippen LogP contribution in [0.3, 0.4) is 0 Å². The first-order chi connectivity index (χ1) is 11.5. The highest BCUT2D eigenvalue weighted by Crippen LogP contribution is 2.20. The van der Waals surface area contributed by atoms with Crippen molar-refractivity contribution < 1.29 is 8.42 Å². The lowest BCUT2D eigenvalue weighted by molar-refractivity contribution is 0.239. The van der Waals surface area contributed by atoms with E-state index in [-0.39, 0.29) is 0 Å². The number of aromatic nitrogens is 3. The molecule has 1 atom stereocenters. The van der Waals surface area contributed by atoms with E-state index in [1.165, 1.54) is 31.9 Å². The lowest BCUT2D eigenvalue weighted by Crippen LogP contribution is -2.40. The zero-order chi connectivity index (χ0) is 17.0. The smallest absolute Gasteiger partial charge is 0.211 e. The summed E-state index contributed by atoms with van der Waals surface area (Å²) < 4.78 is 26.9. The summed E-state index contributed by atoms with van der Waals surface area (Å²) >= 11 is 0. The number of likely N-dealkylation sites (tertiary alicyclic amines) is 1. The highest BCUT2D eigenvalue weighted by atomic mass is 32.2. The third kappa shape index (κ3) is 5.00. The molecule has 0 spiro atoms. The molecule has 8 heteroatoms. The van der Waals surface area contributed by atoms with Crippen molar-refractivity contribution in [2.45, 2.75) is 51.6 Å². The molecule has 1 unspecified atom stereocenters. The first-order valence-electron chi connectivity index (χ1n) is 9.07. The minimum atomic E-state index is -3.09. The number of nitrogens with zero attached hydrogens (tertiary/aromatic N) is 5. The number of hydrogen-bond acceptors (Lipinski definition) is 5. The van der Waals surface area contributed by atoms with Crippen molar-refractivity contribution in [3.8, 4) is 0 Å². The molecular weight excluding hydrogens is 326 g/mol. The van der Waals surface area contributed by atoms with Gasteiger partial charge in [0.05, 0.1) is 11.9 Å². The van der Waals surface area contributed by atoms with Gasteiger partial charge in [0.15, 0.2) is 0 Å². The Bertz CT molecular complexity index is 622. The van der Waals surface area contributed by atoms with E-state index in [1.54, 1.807) is 4.31 Å². The molecule has 3 heterocycles. The average Bonchev–Trinajstić information content (AvgIpc) is 2.80. The number of rotatable bonds is 5. The quantitative estimate of drug-likeness (QED) is 0.797. The predicted molar refractivity (Wildman–Crippen MR) is 92.9 cm³/mol. The molecule has 0 saturated carbocycles. The molecule has 136 valence electrons. The monoisotopic (exact) mass is 355 g/mol. The zero-order valence-electron chi connectivity index (χ0n) is 14.6. The molecule has 1 aromatic rings. The SMILES string of the molecule is CS(=O)(=O)N1CCCC(Cn2cc(CN3CCCCCC3)nn2)C1. The van der Waals surface area contributed by atoms with Gasteiger partial charge < -0.3 is 0 Å². The van der Waals surface area contributed by atoms with Crippen LogP contribution in [0.25, 0.3) is 0 Å². The largest absolute Gasteiger partial charge is 0.297 e. The Morgan fingerprint density at radius 3 is 2.58 bits per heavy atom. The van der Waals surface area contributed by atoms with Crippen molar-refractivity contribution in [3.63, 3.8) is 0 Å². The van der Waals surface area contributed by atoms with Crippen LogP contribution in [0.4, 0.5) is 0 Å². The van der Waals surface area contributed by atoms with Crippen LogP contribution in [-0.2, 0) is 23.1 Å². The number of hydrogen-bond donors (Lipinski definition) is 0. The van der Waals surface area contributed by atoms with Crippen LogP contribution in [-0.4, -0.2) is 65.1 Å². The van der Waals surface area contributed by atoms with E-state index in [2.05, 4.69) is 15.2 Å². The molecule has 0 bridgehead atoms. The van der Waals surface area contributed by atoms with Gasteiger partial charge in [0.25, 0.3) is 0 Å². The Hall–Kier alpha value is -0.990. The topological polar surface area (TPSA) is 71.3 Å². The maximum Gasteiger partial charge on any atom is 0.211 e. The van der Waals surface area contributed by atoms with Gasteiger partial charge in [0.1, 0.15) is 0 Å². The summed E-state index contributed by atoms with van der Waals surface area (Å²) in [6.45, 7) is 5.17. The summed E-state index contributed by atoms with van der Waals surface area (Å²) in [5.41, 5.74) is 1.02. The number of piperidine rings is 1. The van der Waals surface area contributed by atoms with Crippen molar-refractivity contribution in [1.29, 1.82) is 0 Å². The van der Waals surface area contributed by atoms with E-state index in [0.717, 1.165) is 44.7 Å². The zero-order valence-corrected chi connectivity index (χ0v) is 15.4. The Labute approximate surface area is 145 Å². The van der Waals surface area contributed by atoms with Crippen LogP contribution < -0.4 is 0 Å². The van der Waals surface area contributed by atoms with Gasteiger partial charge in [0, 0.05) is 32.4 Å². The van der Waals surface area contributed by atoms with Crippen molar-refractivity contribution in [3.05, 3.63) is 11.9 Å². The third-order valence-corrected chi connectivity index (χ3v) is 6.34. The molecule has 0 amide bonds. The molecule has 2 aliphatic rings. The lowest BCUT2D eigenvalue weighted by atomic mass is 10.00. The molecule has 24 heavy (non-hydrogen) atoms. The molecule has 7 nitrogen and oxygen atoms in total. The fourth-order valence-corrected chi connectivity index (χ4v) is 4.71. The van der Waals surface area contributed by atoms with E-state index >= 15 is 0 Å². The predicted octanol–water partition coefficient (Wildman–Crippen LogP) is 1.33. The lowest BCUT2D eigenvalue weighted by Gasteiger charge is -2.30. The standard InChI is InChI=1S/C16H29N5O2S/c1-24(22,23)21-10-6-7-15(12-21)11-20-14-16(17-18-20)13-19-8-4-2-3-5-9-19/h14-15H,2-13H2,1H3. The Balaban J connectivity index is 1.53. The van der Waals surface area contributed by atoms with E-state index in [9.17, 15) is 8.42 Å². The summed E-state index contributed by atoms with van der Waals surface area (Å²) in [4.78, 5) is 2.47. The van der Waals surface area contributed by atoms with Crippen LogP contribution in [0.2, 0.25) is 0 Å². The summed E-state index contributed by atoms with van der Waals surface area (Å²) in [6.07, 6.45) is 10.5. The van der Waals surface area contributed by atoms with Crippen LogP contribution in [0, 0.1) is 5.92 Å². The second-order valence-electron chi connectivity index (χ2n) is 7.25. The van der Waals surface area contributed by atoms with Crippen LogP contribution in [0.1, 0.15) is 44.2 Å². The van der Waals surface area contributed by atoms with Gasteiger partial charge in [-0.05, 0) is 44.7 Å². The van der Waals surface area contributed by atoms with Gasteiger partial charge in [-0.1, -0.05) is 18.1 Å². The van der Waals surface area contributed by atoms with Crippen molar-refractivity contribution in [2.24, 2.45) is 5.92 Å². The Morgan fingerprint density at radius 2 is 1.88 bits per heavy atom. The van der Waals surface area contributed by atoms with Gasteiger partial charge in [-0.3, -0.25) is 9.58 Å². The second-order valence-corrected chi connectivity index (χ2v) is 9.23. The van der Waals surface area contributed by atoms with Gasteiger partial charge >= 0.3 is 0 Å². The highest BCUT2D eigenvalue weighted by molar-refractivity contribution is 7.88. The number of sulfonamides is 1. The molecular formula is C16H29N5O2S. The molecule has 1 aromatic heterocycles. The average molecular weight is 356 g/mol. The molecule has 2 aliphatic heterocycles. The Kier molecular flexibility index (Phi) is 5.89.